The van der Waals surface area contributed by atoms with Gasteiger partial charge in [0.15, 0.2) is 0 Å². The number of benzene rings is 1. The lowest BCUT2D eigenvalue weighted by Gasteiger charge is -2.29. The van der Waals surface area contributed by atoms with E-state index in [0.29, 0.717) is 11.1 Å². The molecule has 1 rings (SSSR count). The molecule has 17 heavy (non-hydrogen) atoms. The normalized spacial score (nSPS) is 13.3. The molecule has 0 amide bonds. The lowest BCUT2D eigenvalue weighted by molar-refractivity contribution is -0.152. The highest BCUT2D eigenvalue weighted by molar-refractivity contribution is 5.77. The molecular weight excluding hydrogens is 221 g/mol. The van der Waals surface area contributed by atoms with Crippen LogP contribution in [0.15, 0.2) is 18.2 Å². The van der Waals surface area contributed by atoms with Crippen molar-refractivity contribution < 1.29 is 13.9 Å². The van der Waals surface area contributed by atoms with E-state index in [1.165, 1.54) is 13.2 Å². The Morgan fingerprint density at radius 3 is 2.53 bits per heavy atom. The Morgan fingerprint density at radius 1 is 1.47 bits per heavy atom. The zero-order valence-electron chi connectivity index (χ0n) is 10.6. The lowest BCUT2D eigenvalue weighted by Crippen LogP contribution is -2.37. The van der Waals surface area contributed by atoms with Crippen molar-refractivity contribution in [1.29, 1.82) is 0 Å². The van der Waals surface area contributed by atoms with Crippen molar-refractivity contribution in [2.45, 2.75) is 26.8 Å². The molecule has 0 saturated carbocycles. The molecule has 1 aromatic carbocycles. The van der Waals surface area contributed by atoms with Gasteiger partial charge in [-0.2, -0.15) is 0 Å². The number of esters is 1. The first-order valence-corrected chi connectivity index (χ1v) is 5.40. The molecular formula is C13H18FNO2. The van der Waals surface area contributed by atoms with E-state index >= 15 is 0 Å². The minimum atomic E-state index is -0.892. The summed E-state index contributed by atoms with van der Waals surface area (Å²) >= 11 is 0. The van der Waals surface area contributed by atoms with Gasteiger partial charge in [-0.25, -0.2) is 4.39 Å². The van der Waals surface area contributed by atoms with E-state index in [0.717, 1.165) is 0 Å². The van der Waals surface area contributed by atoms with Gasteiger partial charge in [-0.05, 0) is 38.0 Å². The standard InChI is InChI=1S/C13H18FNO2/c1-8-5-6-9(7-10(8)14)11(15)13(2,3)12(16)17-4/h5-7,11H,15H2,1-4H3/t11-/m1/s1. The number of aryl methyl sites for hydroxylation is 1. The summed E-state index contributed by atoms with van der Waals surface area (Å²) in [6.45, 7) is 5.04. The predicted octanol–water partition coefficient (Wildman–Crippen LogP) is 2.33. The number of carbonyl (C=O) groups excluding carboxylic acids is 1. The van der Waals surface area contributed by atoms with Gasteiger partial charge in [-0.1, -0.05) is 12.1 Å². The molecule has 0 bridgehead atoms. The number of hydrogen-bond donors (Lipinski definition) is 1. The van der Waals surface area contributed by atoms with Gasteiger partial charge < -0.3 is 10.5 Å². The number of hydrogen-bond acceptors (Lipinski definition) is 3. The van der Waals surface area contributed by atoms with Gasteiger partial charge in [0, 0.05) is 6.04 Å². The molecule has 0 aromatic heterocycles. The van der Waals surface area contributed by atoms with Gasteiger partial charge >= 0.3 is 5.97 Å². The summed E-state index contributed by atoms with van der Waals surface area (Å²) in [5.41, 5.74) is 6.25. The van der Waals surface area contributed by atoms with Crippen molar-refractivity contribution >= 4 is 5.97 Å². The molecule has 0 aliphatic rings. The van der Waals surface area contributed by atoms with Crippen LogP contribution >= 0.6 is 0 Å². The van der Waals surface area contributed by atoms with Crippen LogP contribution in [0.1, 0.15) is 31.0 Å². The molecule has 0 aliphatic carbocycles. The molecule has 0 heterocycles. The molecule has 0 fully saturated rings. The highest BCUT2D eigenvalue weighted by Crippen LogP contribution is 2.32. The van der Waals surface area contributed by atoms with E-state index in [1.54, 1.807) is 32.9 Å². The molecule has 0 saturated heterocycles. The summed E-state index contributed by atoms with van der Waals surface area (Å²) in [6, 6.07) is 4.14. The fraction of sp³-hybridized carbons (Fsp3) is 0.462. The molecule has 94 valence electrons. The number of carbonyl (C=O) groups is 1. The zero-order chi connectivity index (χ0) is 13.2. The number of ether oxygens (including phenoxy) is 1. The van der Waals surface area contributed by atoms with Crippen LogP contribution in [0.25, 0.3) is 0 Å². The first-order valence-electron chi connectivity index (χ1n) is 5.40. The summed E-state index contributed by atoms with van der Waals surface area (Å²) in [5.74, 6) is -0.732. The van der Waals surface area contributed by atoms with Crippen LogP contribution < -0.4 is 5.73 Å². The summed E-state index contributed by atoms with van der Waals surface area (Å²) in [5, 5.41) is 0. The monoisotopic (exact) mass is 239 g/mol. The quantitative estimate of drug-likeness (QED) is 0.824. The molecule has 1 atom stereocenters. The minimum Gasteiger partial charge on any atom is -0.469 e. The molecule has 2 N–H and O–H groups in total. The lowest BCUT2D eigenvalue weighted by atomic mass is 9.81. The fourth-order valence-corrected chi connectivity index (χ4v) is 1.61. The maximum Gasteiger partial charge on any atom is 0.313 e. The third-order valence-electron chi connectivity index (χ3n) is 3.04. The summed E-state index contributed by atoms with van der Waals surface area (Å²) in [4.78, 5) is 11.6. The Bertz CT molecular complexity index is 429. The highest BCUT2D eigenvalue weighted by Gasteiger charge is 2.36. The molecule has 0 unspecified atom stereocenters. The average Bonchev–Trinajstić information content (AvgIpc) is 2.30. The number of halogens is 1. The van der Waals surface area contributed by atoms with Gasteiger partial charge in [0.1, 0.15) is 5.82 Å². The average molecular weight is 239 g/mol. The van der Waals surface area contributed by atoms with Crippen LogP contribution in [0, 0.1) is 18.2 Å². The van der Waals surface area contributed by atoms with Gasteiger partial charge in [0.2, 0.25) is 0 Å². The predicted molar refractivity (Wildman–Crippen MR) is 63.9 cm³/mol. The molecule has 1 aromatic rings. The number of methoxy groups -OCH3 is 1. The van der Waals surface area contributed by atoms with Crippen molar-refractivity contribution in [2.24, 2.45) is 11.1 Å². The second kappa shape index (κ2) is 4.84. The summed E-state index contributed by atoms with van der Waals surface area (Å²) < 4.78 is 18.1. The summed E-state index contributed by atoms with van der Waals surface area (Å²) in [7, 11) is 1.31. The number of nitrogens with two attached hydrogens (primary N) is 1. The van der Waals surface area contributed by atoms with Crippen molar-refractivity contribution in [1.82, 2.24) is 0 Å². The third-order valence-corrected chi connectivity index (χ3v) is 3.04. The fourth-order valence-electron chi connectivity index (χ4n) is 1.61. The first-order chi connectivity index (χ1) is 7.80. The van der Waals surface area contributed by atoms with Gasteiger partial charge in [0.05, 0.1) is 12.5 Å². The van der Waals surface area contributed by atoms with E-state index in [1.807, 2.05) is 0 Å². The Balaban J connectivity index is 3.07. The smallest absolute Gasteiger partial charge is 0.313 e. The largest absolute Gasteiger partial charge is 0.469 e. The Kier molecular flexibility index (Phi) is 3.88. The topological polar surface area (TPSA) is 52.3 Å². The number of rotatable bonds is 3. The molecule has 0 radical (unpaired) electrons. The van der Waals surface area contributed by atoms with Crippen molar-refractivity contribution in [3.05, 3.63) is 35.1 Å². The van der Waals surface area contributed by atoms with E-state index in [4.69, 9.17) is 10.5 Å². The van der Waals surface area contributed by atoms with E-state index in [9.17, 15) is 9.18 Å². The Hall–Kier alpha value is -1.42. The van der Waals surface area contributed by atoms with Crippen LogP contribution in [-0.4, -0.2) is 13.1 Å². The highest BCUT2D eigenvalue weighted by atomic mass is 19.1. The second-order valence-corrected chi connectivity index (χ2v) is 4.70. The van der Waals surface area contributed by atoms with Crippen LogP contribution in [-0.2, 0) is 9.53 Å². The SMILES string of the molecule is COC(=O)C(C)(C)[C@H](N)c1ccc(C)c(F)c1. The van der Waals surface area contributed by atoms with Crippen molar-refractivity contribution in [3.63, 3.8) is 0 Å². The molecule has 4 heteroatoms. The van der Waals surface area contributed by atoms with Crippen LogP contribution in [0.2, 0.25) is 0 Å². The zero-order valence-corrected chi connectivity index (χ0v) is 10.6. The Labute approximate surface area is 101 Å². The summed E-state index contributed by atoms with van der Waals surface area (Å²) in [6.07, 6.45) is 0. The Morgan fingerprint density at radius 2 is 2.06 bits per heavy atom. The maximum absolute atomic E-state index is 13.4. The third kappa shape index (κ3) is 2.64. The minimum absolute atomic E-state index is 0.321. The van der Waals surface area contributed by atoms with Crippen LogP contribution in [0.4, 0.5) is 4.39 Å². The van der Waals surface area contributed by atoms with Gasteiger partial charge in [0.25, 0.3) is 0 Å². The van der Waals surface area contributed by atoms with E-state index < -0.39 is 17.4 Å². The second-order valence-electron chi connectivity index (χ2n) is 4.70. The molecule has 0 aliphatic heterocycles. The first kappa shape index (κ1) is 13.6. The van der Waals surface area contributed by atoms with Gasteiger partial charge in [-0.15, -0.1) is 0 Å². The van der Waals surface area contributed by atoms with Crippen molar-refractivity contribution in [2.75, 3.05) is 7.11 Å². The van der Waals surface area contributed by atoms with Crippen LogP contribution in [0.3, 0.4) is 0 Å². The van der Waals surface area contributed by atoms with E-state index in [2.05, 4.69) is 0 Å². The van der Waals surface area contributed by atoms with Gasteiger partial charge in [-0.3, -0.25) is 4.79 Å². The van der Waals surface area contributed by atoms with Crippen molar-refractivity contribution in [3.8, 4) is 0 Å². The maximum atomic E-state index is 13.4. The molecule has 0 spiro atoms. The molecule has 3 nitrogen and oxygen atoms in total. The van der Waals surface area contributed by atoms with E-state index in [-0.39, 0.29) is 5.82 Å². The van der Waals surface area contributed by atoms with Crippen LogP contribution in [0.5, 0.6) is 0 Å².